The topological polar surface area (TPSA) is 89.3 Å². The number of hydrogen-bond donors (Lipinski definition) is 2. The highest BCUT2D eigenvalue weighted by molar-refractivity contribution is 7.92. The van der Waals surface area contributed by atoms with Gasteiger partial charge in [-0.1, -0.05) is 12.1 Å². The maximum Gasteiger partial charge on any atom is 0.239 e. The van der Waals surface area contributed by atoms with Crippen molar-refractivity contribution in [3.05, 3.63) is 29.3 Å². The van der Waals surface area contributed by atoms with Crippen molar-refractivity contribution >= 4 is 21.4 Å². The van der Waals surface area contributed by atoms with Gasteiger partial charge in [0.1, 0.15) is 5.75 Å². The Morgan fingerprint density at radius 3 is 2.60 bits per heavy atom. The summed E-state index contributed by atoms with van der Waals surface area (Å²) in [4.78, 5) is 11.8. The van der Waals surface area contributed by atoms with Crippen LogP contribution in [0.5, 0.6) is 0 Å². The van der Waals surface area contributed by atoms with Gasteiger partial charge in [-0.3, -0.25) is 4.79 Å². The fourth-order valence-electron chi connectivity index (χ4n) is 1.80. The van der Waals surface area contributed by atoms with E-state index in [4.69, 9.17) is 5.73 Å². The molecule has 0 unspecified atom stereocenters. The minimum absolute atomic E-state index is 0.00438. The summed E-state index contributed by atoms with van der Waals surface area (Å²) in [5.41, 5.74) is 7.90. The Balaban J connectivity index is 2.61. The van der Waals surface area contributed by atoms with Gasteiger partial charge in [0.25, 0.3) is 0 Å². The Morgan fingerprint density at radius 1 is 1.25 bits per heavy atom. The predicted molar refractivity (Wildman–Crippen MR) is 81.5 cm³/mol. The second kappa shape index (κ2) is 7.40. The van der Waals surface area contributed by atoms with Gasteiger partial charge in [0.05, 0.1) is 5.75 Å². The van der Waals surface area contributed by atoms with Gasteiger partial charge in [-0.05, 0) is 50.4 Å². The maximum absolute atomic E-state index is 11.8. The third-order valence-corrected chi connectivity index (χ3v) is 4.54. The van der Waals surface area contributed by atoms with E-state index in [9.17, 15) is 13.2 Å². The Labute approximate surface area is 120 Å². The minimum Gasteiger partial charge on any atom is -0.330 e. The molecule has 1 amide bonds. The lowest BCUT2D eigenvalue weighted by Crippen LogP contribution is -2.25. The molecule has 0 aliphatic carbocycles. The van der Waals surface area contributed by atoms with Crippen molar-refractivity contribution in [3.63, 3.8) is 0 Å². The summed E-state index contributed by atoms with van der Waals surface area (Å²) in [6, 6.07) is 5.66. The fourth-order valence-corrected chi connectivity index (χ4v) is 3.05. The van der Waals surface area contributed by atoms with Crippen LogP contribution in [0, 0.1) is 13.8 Å². The number of benzene rings is 1. The van der Waals surface area contributed by atoms with Gasteiger partial charge in [-0.15, -0.1) is 0 Å². The molecule has 0 spiro atoms. The van der Waals surface area contributed by atoms with Crippen LogP contribution in [0.25, 0.3) is 0 Å². The van der Waals surface area contributed by atoms with Crippen molar-refractivity contribution < 1.29 is 13.2 Å². The van der Waals surface area contributed by atoms with Crippen LogP contribution in [0.15, 0.2) is 18.2 Å². The van der Waals surface area contributed by atoms with Crippen molar-refractivity contribution in [1.29, 1.82) is 0 Å². The number of anilines is 1. The van der Waals surface area contributed by atoms with Crippen molar-refractivity contribution in [3.8, 4) is 0 Å². The van der Waals surface area contributed by atoms with Crippen LogP contribution in [-0.2, 0) is 14.6 Å². The SMILES string of the molecule is Cc1ccc(C)c(NC(=O)CS(=O)(=O)CCCCN)c1. The second-order valence-corrected chi connectivity index (χ2v) is 7.14. The van der Waals surface area contributed by atoms with Crippen molar-refractivity contribution in [2.24, 2.45) is 5.73 Å². The summed E-state index contributed by atoms with van der Waals surface area (Å²) < 4.78 is 23.5. The molecule has 0 saturated heterocycles. The van der Waals surface area contributed by atoms with Gasteiger partial charge in [0, 0.05) is 5.69 Å². The number of nitrogens with two attached hydrogens (primary N) is 1. The van der Waals surface area contributed by atoms with E-state index < -0.39 is 21.5 Å². The van der Waals surface area contributed by atoms with Crippen LogP contribution in [-0.4, -0.2) is 32.4 Å². The molecule has 0 fully saturated rings. The number of carbonyl (C=O) groups excluding carboxylic acids is 1. The Kier molecular flexibility index (Phi) is 6.16. The summed E-state index contributed by atoms with van der Waals surface area (Å²) in [6.45, 7) is 4.24. The third-order valence-electron chi connectivity index (χ3n) is 2.93. The lowest BCUT2D eigenvalue weighted by Gasteiger charge is -2.09. The molecule has 1 aromatic carbocycles. The molecule has 6 heteroatoms. The lowest BCUT2D eigenvalue weighted by atomic mass is 10.1. The zero-order valence-corrected chi connectivity index (χ0v) is 12.8. The summed E-state index contributed by atoms with van der Waals surface area (Å²) in [5, 5.41) is 2.65. The molecule has 20 heavy (non-hydrogen) atoms. The number of nitrogens with one attached hydrogen (secondary N) is 1. The highest BCUT2D eigenvalue weighted by Gasteiger charge is 2.16. The van der Waals surface area contributed by atoms with Crippen LogP contribution in [0.2, 0.25) is 0 Å². The second-order valence-electron chi connectivity index (χ2n) is 4.95. The van der Waals surface area contributed by atoms with Crippen molar-refractivity contribution in [1.82, 2.24) is 0 Å². The van der Waals surface area contributed by atoms with E-state index in [2.05, 4.69) is 5.32 Å². The molecule has 3 N–H and O–H groups in total. The number of amides is 1. The smallest absolute Gasteiger partial charge is 0.239 e. The molecule has 5 nitrogen and oxygen atoms in total. The van der Waals surface area contributed by atoms with Crippen LogP contribution in [0.1, 0.15) is 24.0 Å². The van der Waals surface area contributed by atoms with E-state index in [1.807, 2.05) is 32.0 Å². The molecule has 0 heterocycles. The molecule has 0 bridgehead atoms. The summed E-state index contributed by atoms with van der Waals surface area (Å²) >= 11 is 0. The average Bonchev–Trinajstić information content (AvgIpc) is 2.33. The Morgan fingerprint density at radius 2 is 1.95 bits per heavy atom. The molecule has 1 aromatic rings. The molecular formula is C14H22N2O3S. The van der Waals surface area contributed by atoms with E-state index >= 15 is 0 Å². The largest absolute Gasteiger partial charge is 0.330 e. The normalized spacial score (nSPS) is 11.3. The summed E-state index contributed by atoms with van der Waals surface area (Å²) in [5.74, 6) is -0.971. The van der Waals surface area contributed by atoms with Crippen LogP contribution >= 0.6 is 0 Å². The number of aryl methyl sites for hydroxylation is 2. The first-order valence-corrected chi connectivity index (χ1v) is 8.44. The van der Waals surface area contributed by atoms with E-state index in [-0.39, 0.29) is 5.75 Å². The van der Waals surface area contributed by atoms with E-state index in [0.29, 0.717) is 25.1 Å². The number of sulfone groups is 1. The van der Waals surface area contributed by atoms with Gasteiger partial charge >= 0.3 is 0 Å². The minimum atomic E-state index is -3.36. The standard InChI is InChI=1S/C14H22N2O3S/c1-11-5-6-12(2)13(9-11)16-14(17)10-20(18,19)8-4-3-7-15/h5-6,9H,3-4,7-8,10,15H2,1-2H3,(H,16,17). The molecule has 0 saturated carbocycles. The quantitative estimate of drug-likeness (QED) is 0.745. The number of hydrogen-bond acceptors (Lipinski definition) is 4. The van der Waals surface area contributed by atoms with E-state index in [1.54, 1.807) is 0 Å². The van der Waals surface area contributed by atoms with Crippen LogP contribution < -0.4 is 11.1 Å². The Bertz CT molecular complexity index is 568. The van der Waals surface area contributed by atoms with Gasteiger partial charge in [0.15, 0.2) is 9.84 Å². The fraction of sp³-hybridized carbons (Fsp3) is 0.500. The van der Waals surface area contributed by atoms with Gasteiger partial charge < -0.3 is 11.1 Å². The van der Waals surface area contributed by atoms with Crippen molar-refractivity contribution in [2.75, 3.05) is 23.4 Å². The molecule has 0 aliphatic rings. The zero-order chi connectivity index (χ0) is 15.2. The molecule has 1 rings (SSSR count). The summed E-state index contributed by atoms with van der Waals surface area (Å²) in [6.07, 6.45) is 1.15. The third kappa shape index (κ3) is 5.71. The first-order valence-electron chi connectivity index (χ1n) is 6.61. The molecule has 0 aromatic heterocycles. The average molecular weight is 298 g/mol. The van der Waals surface area contributed by atoms with Crippen molar-refractivity contribution in [2.45, 2.75) is 26.7 Å². The summed E-state index contributed by atoms with van der Waals surface area (Å²) in [7, 11) is -3.36. The lowest BCUT2D eigenvalue weighted by molar-refractivity contribution is -0.113. The molecule has 0 atom stereocenters. The monoisotopic (exact) mass is 298 g/mol. The molecule has 0 radical (unpaired) electrons. The van der Waals surface area contributed by atoms with E-state index in [0.717, 1.165) is 11.1 Å². The first kappa shape index (κ1) is 16.7. The maximum atomic E-state index is 11.8. The van der Waals surface area contributed by atoms with Gasteiger partial charge in [-0.25, -0.2) is 8.42 Å². The molecule has 112 valence electrons. The highest BCUT2D eigenvalue weighted by Crippen LogP contribution is 2.16. The number of rotatable bonds is 7. The number of carbonyl (C=O) groups is 1. The Hall–Kier alpha value is -1.40. The van der Waals surface area contributed by atoms with E-state index in [1.165, 1.54) is 0 Å². The van der Waals surface area contributed by atoms with Gasteiger partial charge in [-0.2, -0.15) is 0 Å². The molecular weight excluding hydrogens is 276 g/mol. The predicted octanol–water partition coefficient (Wildman–Crippen LogP) is 1.40. The zero-order valence-electron chi connectivity index (χ0n) is 12.0. The van der Waals surface area contributed by atoms with Crippen LogP contribution in [0.4, 0.5) is 5.69 Å². The van der Waals surface area contributed by atoms with Crippen LogP contribution in [0.3, 0.4) is 0 Å². The number of unbranched alkanes of at least 4 members (excludes halogenated alkanes) is 1. The molecule has 0 aliphatic heterocycles. The van der Waals surface area contributed by atoms with Gasteiger partial charge in [0.2, 0.25) is 5.91 Å². The highest BCUT2D eigenvalue weighted by atomic mass is 32.2. The first-order chi connectivity index (χ1) is 9.34.